The first-order valence-electron chi connectivity index (χ1n) is 8.14. The lowest BCUT2D eigenvalue weighted by atomic mass is 10.1. The first-order valence-corrected chi connectivity index (χ1v) is 8.14. The highest BCUT2D eigenvalue weighted by Gasteiger charge is 2.22. The summed E-state index contributed by atoms with van der Waals surface area (Å²) in [6.45, 7) is 2.15. The van der Waals surface area contributed by atoms with E-state index in [1.807, 2.05) is 24.3 Å². The summed E-state index contributed by atoms with van der Waals surface area (Å²) in [5.41, 5.74) is 2.21. The molecule has 0 spiro atoms. The van der Waals surface area contributed by atoms with Crippen molar-refractivity contribution < 1.29 is 0 Å². The SMILES string of the molecule is CC(Nc1nc(NC2CC2)nc2ccccc12)c1ccccc1. The van der Waals surface area contributed by atoms with E-state index < -0.39 is 0 Å². The molecule has 1 saturated carbocycles. The monoisotopic (exact) mass is 304 g/mol. The van der Waals surface area contributed by atoms with Crippen molar-refractivity contribution >= 4 is 22.7 Å². The average molecular weight is 304 g/mol. The number of nitrogens with one attached hydrogen (secondary N) is 2. The van der Waals surface area contributed by atoms with E-state index in [1.165, 1.54) is 18.4 Å². The molecule has 4 heteroatoms. The number of para-hydroxylation sites is 1. The number of benzene rings is 2. The molecule has 1 aliphatic carbocycles. The number of rotatable bonds is 5. The standard InChI is InChI=1S/C19H20N4/c1-13(14-7-3-2-4-8-14)20-18-16-9-5-6-10-17(16)22-19(23-18)21-15-11-12-15/h2-10,13,15H,11-12H2,1H3,(H2,20,21,22,23). The van der Waals surface area contributed by atoms with Crippen molar-refractivity contribution in [2.75, 3.05) is 10.6 Å². The number of hydrogen-bond acceptors (Lipinski definition) is 4. The number of anilines is 2. The molecule has 116 valence electrons. The van der Waals surface area contributed by atoms with Crippen molar-refractivity contribution in [1.82, 2.24) is 9.97 Å². The molecule has 0 aliphatic heterocycles. The lowest BCUT2D eigenvalue weighted by molar-refractivity contribution is 0.875. The summed E-state index contributed by atoms with van der Waals surface area (Å²) in [4.78, 5) is 9.35. The normalized spacial score (nSPS) is 15.3. The second-order valence-electron chi connectivity index (χ2n) is 6.11. The lowest BCUT2D eigenvalue weighted by Gasteiger charge is -2.17. The lowest BCUT2D eigenvalue weighted by Crippen LogP contribution is -2.11. The van der Waals surface area contributed by atoms with Crippen molar-refractivity contribution in [2.45, 2.75) is 31.8 Å². The molecular weight excluding hydrogens is 284 g/mol. The van der Waals surface area contributed by atoms with Crippen molar-refractivity contribution in [1.29, 1.82) is 0 Å². The van der Waals surface area contributed by atoms with Gasteiger partial charge in [-0.1, -0.05) is 42.5 Å². The predicted molar refractivity (Wildman–Crippen MR) is 94.7 cm³/mol. The van der Waals surface area contributed by atoms with Crippen LogP contribution in [0, 0.1) is 0 Å². The third-order valence-electron chi connectivity index (χ3n) is 4.17. The largest absolute Gasteiger partial charge is 0.363 e. The van der Waals surface area contributed by atoms with E-state index in [4.69, 9.17) is 4.98 Å². The van der Waals surface area contributed by atoms with Gasteiger partial charge in [0.15, 0.2) is 0 Å². The van der Waals surface area contributed by atoms with Crippen LogP contribution in [0.1, 0.15) is 31.4 Å². The highest BCUT2D eigenvalue weighted by atomic mass is 15.2. The van der Waals surface area contributed by atoms with Crippen LogP contribution >= 0.6 is 0 Å². The third kappa shape index (κ3) is 3.11. The first kappa shape index (κ1) is 14.0. The summed E-state index contributed by atoms with van der Waals surface area (Å²) in [5, 5.41) is 8.00. The molecule has 1 aromatic heterocycles. The van der Waals surface area contributed by atoms with Crippen molar-refractivity contribution in [3.63, 3.8) is 0 Å². The molecule has 1 fully saturated rings. The fourth-order valence-electron chi connectivity index (χ4n) is 2.69. The van der Waals surface area contributed by atoms with Gasteiger partial charge in [-0.3, -0.25) is 0 Å². The molecule has 4 rings (SSSR count). The minimum atomic E-state index is 0.184. The minimum Gasteiger partial charge on any atom is -0.363 e. The zero-order valence-electron chi connectivity index (χ0n) is 13.2. The van der Waals surface area contributed by atoms with Gasteiger partial charge in [0.05, 0.1) is 5.52 Å². The smallest absolute Gasteiger partial charge is 0.225 e. The van der Waals surface area contributed by atoms with E-state index in [9.17, 15) is 0 Å². The second-order valence-corrected chi connectivity index (χ2v) is 6.11. The number of aromatic nitrogens is 2. The minimum absolute atomic E-state index is 0.184. The van der Waals surface area contributed by atoms with Crippen LogP contribution in [0.2, 0.25) is 0 Å². The molecule has 0 saturated heterocycles. The van der Waals surface area contributed by atoms with Gasteiger partial charge in [0.2, 0.25) is 5.95 Å². The summed E-state index contributed by atoms with van der Waals surface area (Å²) in [6.07, 6.45) is 2.42. The van der Waals surface area contributed by atoms with Crippen LogP contribution in [0.5, 0.6) is 0 Å². The fraction of sp³-hybridized carbons (Fsp3) is 0.263. The van der Waals surface area contributed by atoms with Gasteiger partial charge in [-0.15, -0.1) is 0 Å². The van der Waals surface area contributed by atoms with E-state index >= 15 is 0 Å². The summed E-state index contributed by atoms with van der Waals surface area (Å²) in [7, 11) is 0. The Labute approximate surface area is 136 Å². The maximum absolute atomic E-state index is 4.71. The molecule has 4 nitrogen and oxygen atoms in total. The van der Waals surface area contributed by atoms with Gasteiger partial charge in [0, 0.05) is 17.5 Å². The summed E-state index contributed by atoms with van der Waals surface area (Å²) < 4.78 is 0. The zero-order valence-corrected chi connectivity index (χ0v) is 13.2. The quantitative estimate of drug-likeness (QED) is 0.734. The fourth-order valence-corrected chi connectivity index (χ4v) is 2.69. The third-order valence-corrected chi connectivity index (χ3v) is 4.17. The molecule has 0 amide bonds. The van der Waals surface area contributed by atoms with Gasteiger partial charge >= 0.3 is 0 Å². The molecule has 1 aliphatic rings. The average Bonchev–Trinajstić information content (AvgIpc) is 3.39. The molecule has 23 heavy (non-hydrogen) atoms. The van der Waals surface area contributed by atoms with E-state index in [0.29, 0.717) is 12.0 Å². The van der Waals surface area contributed by atoms with E-state index in [1.54, 1.807) is 0 Å². The Morgan fingerprint density at radius 1 is 0.957 bits per heavy atom. The highest BCUT2D eigenvalue weighted by molar-refractivity contribution is 5.90. The molecule has 1 unspecified atom stereocenters. The number of fused-ring (bicyclic) bond motifs is 1. The Morgan fingerprint density at radius 2 is 1.70 bits per heavy atom. The molecule has 1 heterocycles. The van der Waals surface area contributed by atoms with E-state index in [2.05, 4.69) is 52.9 Å². The van der Waals surface area contributed by atoms with Gasteiger partial charge in [-0.2, -0.15) is 4.98 Å². The summed E-state index contributed by atoms with van der Waals surface area (Å²) in [5.74, 6) is 1.60. The molecule has 2 aromatic carbocycles. The van der Waals surface area contributed by atoms with Crippen molar-refractivity contribution in [3.05, 3.63) is 60.2 Å². The number of hydrogen-bond donors (Lipinski definition) is 2. The van der Waals surface area contributed by atoms with E-state index in [-0.39, 0.29) is 6.04 Å². The zero-order chi connectivity index (χ0) is 15.6. The van der Waals surface area contributed by atoms with Crippen LogP contribution in [-0.4, -0.2) is 16.0 Å². The van der Waals surface area contributed by atoms with Crippen LogP contribution in [0.15, 0.2) is 54.6 Å². The van der Waals surface area contributed by atoms with Gasteiger partial charge < -0.3 is 10.6 Å². The summed E-state index contributed by atoms with van der Waals surface area (Å²) >= 11 is 0. The second kappa shape index (κ2) is 5.88. The molecule has 0 bridgehead atoms. The molecule has 0 radical (unpaired) electrons. The van der Waals surface area contributed by atoms with Gasteiger partial charge in [0.1, 0.15) is 5.82 Å². The Morgan fingerprint density at radius 3 is 2.48 bits per heavy atom. The van der Waals surface area contributed by atoms with Crippen LogP contribution in [0.3, 0.4) is 0 Å². The maximum atomic E-state index is 4.71. The molecule has 3 aromatic rings. The van der Waals surface area contributed by atoms with Crippen LogP contribution in [0.4, 0.5) is 11.8 Å². The Bertz CT molecular complexity index is 812. The van der Waals surface area contributed by atoms with Gasteiger partial charge in [-0.25, -0.2) is 4.98 Å². The molecular formula is C19H20N4. The highest BCUT2D eigenvalue weighted by Crippen LogP contribution is 2.28. The van der Waals surface area contributed by atoms with Crippen LogP contribution in [0.25, 0.3) is 10.9 Å². The molecule has 2 N–H and O–H groups in total. The van der Waals surface area contributed by atoms with Crippen LogP contribution < -0.4 is 10.6 Å². The topological polar surface area (TPSA) is 49.8 Å². The Hall–Kier alpha value is -2.62. The molecule has 1 atom stereocenters. The Kier molecular flexibility index (Phi) is 3.58. The summed E-state index contributed by atoms with van der Waals surface area (Å²) in [6, 6.07) is 19.3. The predicted octanol–water partition coefficient (Wildman–Crippen LogP) is 4.38. The van der Waals surface area contributed by atoms with Crippen molar-refractivity contribution in [2.24, 2.45) is 0 Å². The maximum Gasteiger partial charge on any atom is 0.225 e. The first-order chi connectivity index (χ1) is 11.3. The van der Waals surface area contributed by atoms with E-state index in [0.717, 1.165) is 16.7 Å². The number of nitrogens with zero attached hydrogens (tertiary/aromatic N) is 2. The van der Waals surface area contributed by atoms with Gasteiger partial charge in [-0.05, 0) is 37.5 Å². The van der Waals surface area contributed by atoms with Gasteiger partial charge in [0.25, 0.3) is 0 Å². The Balaban J connectivity index is 1.69. The van der Waals surface area contributed by atoms with Crippen LogP contribution in [-0.2, 0) is 0 Å². The van der Waals surface area contributed by atoms with Crippen molar-refractivity contribution in [3.8, 4) is 0 Å².